The van der Waals surface area contributed by atoms with E-state index in [0.717, 1.165) is 11.1 Å². The third-order valence-electron chi connectivity index (χ3n) is 4.53. The van der Waals surface area contributed by atoms with E-state index >= 15 is 0 Å². The number of nitrogens with one attached hydrogen (secondary N) is 1. The molecule has 0 bridgehead atoms. The summed E-state index contributed by atoms with van der Waals surface area (Å²) in [6.07, 6.45) is 3.27. The second-order valence-electron chi connectivity index (χ2n) is 6.92. The lowest BCUT2D eigenvalue weighted by Crippen LogP contribution is -2.13. The number of anilines is 1. The van der Waals surface area contributed by atoms with Crippen molar-refractivity contribution in [2.45, 2.75) is 20.0 Å². The summed E-state index contributed by atoms with van der Waals surface area (Å²) in [5.74, 6) is -0.722. The van der Waals surface area contributed by atoms with Crippen LogP contribution in [0.3, 0.4) is 0 Å². The Morgan fingerprint density at radius 3 is 2.44 bits per heavy atom. The van der Waals surface area contributed by atoms with E-state index in [0.29, 0.717) is 24.5 Å². The maximum absolute atomic E-state index is 12.5. The molecule has 2 heterocycles. The van der Waals surface area contributed by atoms with Crippen LogP contribution in [0.1, 0.15) is 23.0 Å². The van der Waals surface area contributed by atoms with E-state index in [1.54, 1.807) is 48.3 Å². The van der Waals surface area contributed by atoms with Crippen LogP contribution >= 0.6 is 0 Å². The van der Waals surface area contributed by atoms with E-state index in [9.17, 15) is 9.59 Å². The molecular weight excluding hydrogens is 410 g/mol. The Morgan fingerprint density at radius 1 is 0.938 bits per heavy atom. The first kappa shape index (κ1) is 20.9. The minimum absolute atomic E-state index is 0.0000636. The SMILES string of the molecule is CCOC(=O)Cn1cc(-c2ccc(NC(=O)c3cn(Cc4ccccc4)nn3)cc2)nn1. The molecule has 2 aromatic carbocycles. The van der Waals surface area contributed by atoms with E-state index in [-0.39, 0.29) is 24.1 Å². The zero-order valence-corrected chi connectivity index (χ0v) is 17.4. The fraction of sp³-hybridized carbons (Fsp3) is 0.182. The molecule has 0 unspecified atom stereocenters. The molecule has 1 N–H and O–H groups in total. The fourth-order valence-corrected chi connectivity index (χ4v) is 3.02. The lowest BCUT2D eigenvalue weighted by atomic mass is 10.1. The number of nitrogens with zero attached hydrogens (tertiary/aromatic N) is 6. The van der Waals surface area contributed by atoms with Crippen LogP contribution in [0.2, 0.25) is 0 Å². The monoisotopic (exact) mass is 431 g/mol. The number of hydrogen-bond acceptors (Lipinski definition) is 7. The Morgan fingerprint density at radius 2 is 1.69 bits per heavy atom. The second-order valence-corrected chi connectivity index (χ2v) is 6.92. The van der Waals surface area contributed by atoms with Crippen molar-refractivity contribution in [1.82, 2.24) is 30.0 Å². The molecule has 4 aromatic rings. The average Bonchev–Trinajstić information content (AvgIpc) is 3.45. The van der Waals surface area contributed by atoms with Crippen molar-refractivity contribution in [3.8, 4) is 11.3 Å². The van der Waals surface area contributed by atoms with Crippen LogP contribution in [-0.4, -0.2) is 48.5 Å². The van der Waals surface area contributed by atoms with Gasteiger partial charge in [-0.2, -0.15) is 0 Å². The van der Waals surface area contributed by atoms with Gasteiger partial charge in [-0.15, -0.1) is 10.2 Å². The summed E-state index contributed by atoms with van der Waals surface area (Å²) in [6, 6.07) is 16.9. The molecule has 0 radical (unpaired) electrons. The predicted molar refractivity (Wildman–Crippen MR) is 116 cm³/mol. The van der Waals surface area contributed by atoms with Gasteiger partial charge in [-0.1, -0.05) is 52.9 Å². The van der Waals surface area contributed by atoms with Crippen molar-refractivity contribution in [2.24, 2.45) is 0 Å². The lowest BCUT2D eigenvalue weighted by molar-refractivity contribution is -0.144. The van der Waals surface area contributed by atoms with Crippen LogP contribution in [0.5, 0.6) is 0 Å². The summed E-state index contributed by atoms with van der Waals surface area (Å²) in [5.41, 5.74) is 3.31. The summed E-state index contributed by atoms with van der Waals surface area (Å²) in [4.78, 5) is 24.1. The maximum atomic E-state index is 12.5. The lowest BCUT2D eigenvalue weighted by Gasteiger charge is -2.04. The molecule has 0 spiro atoms. The van der Waals surface area contributed by atoms with Crippen molar-refractivity contribution >= 4 is 17.6 Å². The third-order valence-corrected chi connectivity index (χ3v) is 4.53. The van der Waals surface area contributed by atoms with Gasteiger partial charge in [0.2, 0.25) is 0 Å². The van der Waals surface area contributed by atoms with Crippen LogP contribution in [0.4, 0.5) is 5.69 Å². The van der Waals surface area contributed by atoms with Crippen LogP contribution in [0, 0.1) is 0 Å². The Balaban J connectivity index is 1.36. The van der Waals surface area contributed by atoms with Crippen LogP contribution in [0.25, 0.3) is 11.3 Å². The largest absolute Gasteiger partial charge is 0.465 e. The zero-order chi connectivity index (χ0) is 22.3. The number of aromatic nitrogens is 6. The van der Waals surface area contributed by atoms with Crippen molar-refractivity contribution in [1.29, 1.82) is 0 Å². The van der Waals surface area contributed by atoms with E-state index < -0.39 is 0 Å². The van der Waals surface area contributed by atoms with E-state index in [1.165, 1.54) is 4.68 Å². The second kappa shape index (κ2) is 9.65. The average molecular weight is 431 g/mol. The molecule has 0 aliphatic carbocycles. The van der Waals surface area contributed by atoms with Gasteiger partial charge in [0.05, 0.1) is 25.5 Å². The zero-order valence-electron chi connectivity index (χ0n) is 17.4. The summed E-state index contributed by atoms with van der Waals surface area (Å²) >= 11 is 0. The molecule has 10 heteroatoms. The first-order valence-electron chi connectivity index (χ1n) is 10.0. The highest BCUT2D eigenvalue weighted by molar-refractivity contribution is 6.02. The predicted octanol–water partition coefficient (Wildman–Crippen LogP) is 2.40. The van der Waals surface area contributed by atoms with Gasteiger partial charge in [-0.05, 0) is 24.6 Å². The number of esters is 1. The first-order valence-corrected chi connectivity index (χ1v) is 10.0. The smallest absolute Gasteiger partial charge is 0.327 e. The van der Waals surface area contributed by atoms with Gasteiger partial charge in [0.1, 0.15) is 12.2 Å². The molecule has 2 aromatic heterocycles. The highest BCUT2D eigenvalue weighted by atomic mass is 16.5. The third kappa shape index (κ3) is 5.22. The number of carbonyl (C=O) groups is 2. The number of amides is 1. The van der Waals surface area contributed by atoms with E-state index in [2.05, 4.69) is 25.9 Å². The quantitative estimate of drug-likeness (QED) is 0.426. The molecule has 1 amide bonds. The summed E-state index contributed by atoms with van der Waals surface area (Å²) < 4.78 is 7.94. The standard InChI is InChI=1S/C22H21N7O3/c1-2-32-21(30)15-29-13-19(24-26-29)17-8-10-18(11-9-17)23-22(31)20-14-28(27-25-20)12-16-6-4-3-5-7-16/h3-11,13-14H,2,12,15H2,1H3,(H,23,31). The Labute approximate surface area is 183 Å². The molecule has 0 saturated carbocycles. The minimum Gasteiger partial charge on any atom is -0.465 e. The molecule has 0 fully saturated rings. The number of benzene rings is 2. The molecule has 10 nitrogen and oxygen atoms in total. The molecule has 32 heavy (non-hydrogen) atoms. The van der Waals surface area contributed by atoms with Crippen LogP contribution in [-0.2, 0) is 22.6 Å². The molecule has 0 aliphatic rings. The van der Waals surface area contributed by atoms with E-state index in [1.807, 2.05) is 30.3 Å². The topological polar surface area (TPSA) is 117 Å². The minimum atomic E-state index is -0.372. The van der Waals surface area contributed by atoms with Gasteiger partial charge in [-0.25, -0.2) is 9.36 Å². The normalized spacial score (nSPS) is 10.7. The van der Waals surface area contributed by atoms with Gasteiger partial charge in [0.15, 0.2) is 5.69 Å². The number of hydrogen-bond donors (Lipinski definition) is 1. The van der Waals surface area contributed by atoms with Crippen molar-refractivity contribution in [2.75, 3.05) is 11.9 Å². The van der Waals surface area contributed by atoms with Crippen molar-refractivity contribution in [3.63, 3.8) is 0 Å². The van der Waals surface area contributed by atoms with Gasteiger partial charge < -0.3 is 10.1 Å². The molecule has 0 atom stereocenters. The highest BCUT2D eigenvalue weighted by Crippen LogP contribution is 2.19. The fourth-order valence-electron chi connectivity index (χ4n) is 3.02. The number of ether oxygens (including phenoxy) is 1. The van der Waals surface area contributed by atoms with Gasteiger partial charge in [-0.3, -0.25) is 9.59 Å². The number of carbonyl (C=O) groups excluding carboxylic acids is 2. The van der Waals surface area contributed by atoms with Crippen molar-refractivity contribution < 1.29 is 14.3 Å². The summed E-state index contributed by atoms with van der Waals surface area (Å²) in [7, 11) is 0. The molecule has 4 rings (SSSR count). The summed E-state index contributed by atoms with van der Waals surface area (Å²) in [6.45, 7) is 2.60. The van der Waals surface area contributed by atoms with Gasteiger partial charge in [0, 0.05) is 11.3 Å². The maximum Gasteiger partial charge on any atom is 0.327 e. The Hall–Kier alpha value is -4.34. The van der Waals surface area contributed by atoms with Crippen molar-refractivity contribution in [3.05, 3.63) is 78.2 Å². The van der Waals surface area contributed by atoms with E-state index in [4.69, 9.17) is 4.74 Å². The molecule has 162 valence electrons. The highest BCUT2D eigenvalue weighted by Gasteiger charge is 2.12. The van der Waals surface area contributed by atoms with Crippen LogP contribution in [0.15, 0.2) is 67.0 Å². The molecule has 0 aliphatic heterocycles. The Bertz CT molecular complexity index is 1200. The summed E-state index contributed by atoms with van der Waals surface area (Å²) in [5, 5.41) is 18.8. The van der Waals surface area contributed by atoms with Gasteiger partial charge >= 0.3 is 5.97 Å². The molecule has 0 saturated heterocycles. The first-order chi connectivity index (χ1) is 15.6. The number of rotatable bonds is 8. The van der Waals surface area contributed by atoms with Gasteiger partial charge in [0.25, 0.3) is 5.91 Å². The van der Waals surface area contributed by atoms with Crippen LogP contribution < -0.4 is 5.32 Å². The molecular formula is C22H21N7O3. The Kier molecular flexibility index (Phi) is 6.30.